The largest absolute Gasteiger partial charge is 0.454 e. The van der Waals surface area contributed by atoms with Crippen LogP contribution in [0.1, 0.15) is 18.3 Å². The lowest BCUT2D eigenvalue weighted by Gasteiger charge is -2.12. The van der Waals surface area contributed by atoms with Crippen molar-refractivity contribution in [3.05, 3.63) is 35.9 Å². The van der Waals surface area contributed by atoms with Gasteiger partial charge in [0, 0.05) is 20.1 Å². The Labute approximate surface area is 164 Å². The van der Waals surface area contributed by atoms with Gasteiger partial charge in [0.15, 0.2) is 23.3 Å². The van der Waals surface area contributed by atoms with E-state index in [9.17, 15) is 0 Å². The molecular weight excluding hydrogens is 435 g/mol. The number of nitrogens with one attached hydrogen (secondary N) is 2. The van der Waals surface area contributed by atoms with Crippen molar-refractivity contribution in [1.82, 2.24) is 25.4 Å². The van der Waals surface area contributed by atoms with Crippen LogP contribution in [-0.2, 0) is 19.5 Å². The van der Waals surface area contributed by atoms with Gasteiger partial charge in [-0.05, 0) is 31.0 Å². The SMILES string of the molecule is CCn1cnnc1CNC(=NC)NCCc1ccc2c(c1)OCO2.I. The van der Waals surface area contributed by atoms with Crippen LogP contribution in [0.15, 0.2) is 29.5 Å². The number of aromatic nitrogens is 3. The number of nitrogens with zero attached hydrogens (tertiary/aromatic N) is 4. The van der Waals surface area contributed by atoms with Crippen molar-refractivity contribution in [2.45, 2.75) is 26.4 Å². The van der Waals surface area contributed by atoms with E-state index in [1.54, 1.807) is 13.4 Å². The minimum absolute atomic E-state index is 0. The quantitative estimate of drug-likeness (QED) is 0.388. The van der Waals surface area contributed by atoms with E-state index in [0.717, 1.165) is 42.8 Å². The van der Waals surface area contributed by atoms with Gasteiger partial charge in [0.1, 0.15) is 6.33 Å². The molecule has 1 aliphatic heterocycles. The fourth-order valence-electron chi connectivity index (χ4n) is 2.49. The van der Waals surface area contributed by atoms with Gasteiger partial charge in [0.25, 0.3) is 0 Å². The van der Waals surface area contributed by atoms with Gasteiger partial charge in [-0.1, -0.05) is 6.07 Å². The molecule has 0 spiro atoms. The van der Waals surface area contributed by atoms with E-state index in [4.69, 9.17) is 9.47 Å². The van der Waals surface area contributed by atoms with E-state index in [1.165, 1.54) is 5.56 Å². The van der Waals surface area contributed by atoms with E-state index in [0.29, 0.717) is 13.3 Å². The Balaban J connectivity index is 0.00000225. The predicted octanol–water partition coefficient (Wildman–Crippen LogP) is 1.55. The Morgan fingerprint density at radius 3 is 2.92 bits per heavy atom. The van der Waals surface area contributed by atoms with E-state index < -0.39 is 0 Å². The zero-order chi connectivity index (χ0) is 16.8. The Bertz CT molecular complexity index is 718. The lowest BCUT2D eigenvalue weighted by molar-refractivity contribution is 0.174. The van der Waals surface area contributed by atoms with Crippen LogP contribution in [0.4, 0.5) is 0 Å². The summed E-state index contributed by atoms with van der Waals surface area (Å²) in [5, 5.41) is 14.6. The summed E-state index contributed by atoms with van der Waals surface area (Å²) >= 11 is 0. The third-order valence-corrected chi connectivity index (χ3v) is 3.82. The summed E-state index contributed by atoms with van der Waals surface area (Å²) in [6.45, 7) is 4.55. The molecule has 8 nitrogen and oxygen atoms in total. The van der Waals surface area contributed by atoms with Crippen molar-refractivity contribution in [1.29, 1.82) is 0 Å². The van der Waals surface area contributed by atoms with E-state index in [1.807, 2.05) is 16.7 Å². The maximum absolute atomic E-state index is 5.40. The molecule has 3 rings (SSSR count). The first-order chi connectivity index (χ1) is 11.8. The van der Waals surface area contributed by atoms with Crippen molar-refractivity contribution in [2.75, 3.05) is 20.4 Å². The molecule has 0 amide bonds. The van der Waals surface area contributed by atoms with Gasteiger partial charge >= 0.3 is 0 Å². The van der Waals surface area contributed by atoms with Crippen molar-refractivity contribution >= 4 is 29.9 Å². The third-order valence-electron chi connectivity index (χ3n) is 3.82. The number of halogens is 1. The molecular formula is C16H23IN6O2. The van der Waals surface area contributed by atoms with Crippen LogP contribution < -0.4 is 20.1 Å². The number of fused-ring (bicyclic) bond motifs is 1. The predicted molar refractivity (Wildman–Crippen MR) is 106 cm³/mol. The molecule has 2 heterocycles. The first-order valence-corrected chi connectivity index (χ1v) is 8.00. The molecule has 136 valence electrons. The molecule has 9 heteroatoms. The van der Waals surface area contributed by atoms with Crippen LogP contribution in [0, 0.1) is 0 Å². The molecule has 1 aliphatic rings. The van der Waals surface area contributed by atoms with Crippen molar-refractivity contribution in [2.24, 2.45) is 4.99 Å². The van der Waals surface area contributed by atoms with Crippen molar-refractivity contribution in [3.8, 4) is 11.5 Å². The molecule has 0 fully saturated rings. The normalized spacial score (nSPS) is 12.6. The van der Waals surface area contributed by atoms with Crippen LogP contribution in [0.25, 0.3) is 0 Å². The number of hydrogen-bond acceptors (Lipinski definition) is 5. The molecule has 1 aromatic heterocycles. The summed E-state index contributed by atoms with van der Waals surface area (Å²) in [6, 6.07) is 6.02. The zero-order valence-electron chi connectivity index (χ0n) is 14.4. The molecule has 0 aliphatic carbocycles. The second-order valence-electron chi connectivity index (χ2n) is 5.32. The van der Waals surface area contributed by atoms with Gasteiger partial charge in [-0.2, -0.15) is 0 Å². The average molecular weight is 458 g/mol. The summed E-state index contributed by atoms with van der Waals surface area (Å²) in [5.41, 5.74) is 1.19. The number of rotatable bonds is 6. The summed E-state index contributed by atoms with van der Waals surface area (Å²) in [6.07, 6.45) is 2.59. The fourth-order valence-corrected chi connectivity index (χ4v) is 2.49. The lowest BCUT2D eigenvalue weighted by atomic mass is 10.1. The number of aliphatic imine (C=N–C) groups is 1. The summed E-state index contributed by atoms with van der Waals surface area (Å²) < 4.78 is 12.7. The lowest BCUT2D eigenvalue weighted by Crippen LogP contribution is -2.38. The maximum atomic E-state index is 5.40. The van der Waals surface area contributed by atoms with Gasteiger partial charge in [0.05, 0.1) is 6.54 Å². The molecule has 0 radical (unpaired) electrons. The average Bonchev–Trinajstić information content (AvgIpc) is 3.25. The smallest absolute Gasteiger partial charge is 0.231 e. The Morgan fingerprint density at radius 1 is 1.28 bits per heavy atom. The van der Waals surface area contributed by atoms with Crippen molar-refractivity contribution < 1.29 is 9.47 Å². The van der Waals surface area contributed by atoms with Crippen LogP contribution in [0.2, 0.25) is 0 Å². The molecule has 25 heavy (non-hydrogen) atoms. The summed E-state index contributed by atoms with van der Waals surface area (Å²) in [4.78, 5) is 4.22. The Morgan fingerprint density at radius 2 is 2.12 bits per heavy atom. The van der Waals surface area contributed by atoms with E-state index >= 15 is 0 Å². The third kappa shape index (κ3) is 4.97. The Hall–Kier alpha value is -2.04. The monoisotopic (exact) mass is 458 g/mol. The number of guanidine groups is 1. The molecule has 0 unspecified atom stereocenters. The van der Waals surface area contributed by atoms with E-state index in [-0.39, 0.29) is 24.0 Å². The van der Waals surface area contributed by atoms with Crippen LogP contribution in [0.5, 0.6) is 11.5 Å². The highest BCUT2D eigenvalue weighted by Crippen LogP contribution is 2.32. The van der Waals surface area contributed by atoms with Gasteiger partial charge in [-0.15, -0.1) is 34.2 Å². The second-order valence-corrected chi connectivity index (χ2v) is 5.32. The standard InChI is InChI=1S/C16H22N6O2.HI/c1-3-22-10-20-21-15(22)9-19-16(17-2)18-7-6-12-4-5-13-14(8-12)24-11-23-13;/h4-5,8,10H,3,6-7,9,11H2,1-2H3,(H2,17,18,19);1H. The number of benzene rings is 1. The van der Waals surface area contributed by atoms with Crippen LogP contribution in [-0.4, -0.2) is 41.1 Å². The number of aryl methyl sites for hydroxylation is 1. The highest BCUT2D eigenvalue weighted by Gasteiger charge is 2.13. The molecule has 2 aromatic rings. The molecule has 0 bridgehead atoms. The van der Waals surface area contributed by atoms with Crippen LogP contribution in [0.3, 0.4) is 0 Å². The van der Waals surface area contributed by atoms with Gasteiger partial charge in [-0.3, -0.25) is 4.99 Å². The van der Waals surface area contributed by atoms with Gasteiger partial charge in [-0.25, -0.2) is 0 Å². The van der Waals surface area contributed by atoms with Gasteiger partial charge in [0.2, 0.25) is 6.79 Å². The summed E-state index contributed by atoms with van der Waals surface area (Å²) in [5.74, 6) is 3.25. The Kier molecular flexibility index (Phi) is 7.29. The summed E-state index contributed by atoms with van der Waals surface area (Å²) in [7, 11) is 1.75. The fraction of sp³-hybridized carbons (Fsp3) is 0.438. The first kappa shape index (κ1) is 19.3. The maximum Gasteiger partial charge on any atom is 0.231 e. The minimum Gasteiger partial charge on any atom is -0.454 e. The highest BCUT2D eigenvalue weighted by atomic mass is 127. The van der Waals surface area contributed by atoms with E-state index in [2.05, 4.69) is 38.8 Å². The number of ether oxygens (including phenoxy) is 2. The minimum atomic E-state index is 0. The molecule has 2 N–H and O–H groups in total. The molecule has 1 aromatic carbocycles. The second kappa shape index (κ2) is 9.44. The molecule has 0 atom stereocenters. The molecule has 0 saturated heterocycles. The molecule has 0 saturated carbocycles. The van der Waals surface area contributed by atoms with Crippen molar-refractivity contribution in [3.63, 3.8) is 0 Å². The zero-order valence-corrected chi connectivity index (χ0v) is 16.7. The number of hydrogen-bond donors (Lipinski definition) is 2. The first-order valence-electron chi connectivity index (χ1n) is 8.00. The van der Waals surface area contributed by atoms with Crippen LogP contribution >= 0.6 is 24.0 Å². The topological polar surface area (TPSA) is 85.6 Å². The van der Waals surface area contributed by atoms with Gasteiger partial charge < -0.3 is 24.7 Å². The highest BCUT2D eigenvalue weighted by molar-refractivity contribution is 14.0.